The van der Waals surface area contributed by atoms with Crippen molar-refractivity contribution in [3.8, 4) is 11.1 Å². The lowest BCUT2D eigenvalue weighted by molar-refractivity contribution is 1.54. The molecule has 1 heteroatoms. The molecule has 0 aliphatic rings. The first kappa shape index (κ1) is 16.9. The number of hydrogen-bond acceptors (Lipinski definition) is 1. The second kappa shape index (κ2) is 7.76. The van der Waals surface area contributed by atoms with Crippen LogP contribution in [-0.2, 0) is 0 Å². The normalized spacial score (nSPS) is 11.3. The van der Waals surface area contributed by atoms with Gasteiger partial charge < -0.3 is 5.73 Å². The first-order valence-corrected chi connectivity index (χ1v) is 9.08. The summed E-state index contributed by atoms with van der Waals surface area (Å²) < 4.78 is 0. The van der Waals surface area contributed by atoms with Crippen LogP contribution in [0.2, 0.25) is 0 Å². The number of anilines is 1. The molecule has 27 heavy (non-hydrogen) atoms. The topological polar surface area (TPSA) is 26.0 Å². The van der Waals surface area contributed by atoms with Gasteiger partial charge in [-0.15, -0.1) is 0 Å². The zero-order valence-corrected chi connectivity index (χ0v) is 15.0. The Labute approximate surface area is 160 Å². The highest BCUT2D eigenvalue weighted by Gasteiger charge is 2.06. The van der Waals surface area contributed by atoms with E-state index < -0.39 is 0 Å². The molecule has 0 radical (unpaired) electrons. The van der Waals surface area contributed by atoms with Crippen molar-refractivity contribution in [2.75, 3.05) is 5.73 Å². The SMILES string of the molecule is Nc1ccc(-c2ccc(C(=Cc3ccccc3)c3ccccc3)cc2)cc1. The van der Waals surface area contributed by atoms with E-state index in [1.807, 2.05) is 24.3 Å². The largest absolute Gasteiger partial charge is 0.399 e. The van der Waals surface area contributed by atoms with Gasteiger partial charge in [0.2, 0.25) is 0 Å². The van der Waals surface area contributed by atoms with Crippen LogP contribution in [0, 0.1) is 0 Å². The number of nitrogens with two attached hydrogens (primary N) is 1. The zero-order chi connectivity index (χ0) is 18.5. The first-order valence-electron chi connectivity index (χ1n) is 9.08. The molecule has 0 heterocycles. The van der Waals surface area contributed by atoms with Crippen molar-refractivity contribution in [2.24, 2.45) is 0 Å². The maximum absolute atomic E-state index is 5.80. The van der Waals surface area contributed by atoms with Gasteiger partial charge >= 0.3 is 0 Å². The Morgan fingerprint density at radius 2 is 1.00 bits per heavy atom. The highest BCUT2D eigenvalue weighted by molar-refractivity contribution is 5.91. The minimum Gasteiger partial charge on any atom is -0.399 e. The van der Waals surface area contributed by atoms with Gasteiger partial charge in [-0.3, -0.25) is 0 Å². The van der Waals surface area contributed by atoms with Gasteiger partial charge in [-0.05, 0) is 51.6 Å². The maximum atomic E-state index is 5.80. The van der Waals surface area contributed by atoms with Gasteiger partial charge in [0.25, 0.3) is 0 Å². The van der Waals surface area contributed by atoms with Crippen molar-refractivity contribution >= 4 is 17.3 Å². The third kappa shape index (κ3) is 3.99. The van der Waals surface area contributed by atoms with Gasteiger partial charge in [0.05, 0.1) is 0 Å². The molecule has 4 aromatic rings. The van der Waals surface area contributed by atoms with Crippen LogP contribution in [-0.4, -0.2) is 0 Å². The van der Waals surface area contributed by atoms with Crippen LogP contribution >= 0.6 is 0 Å². The number of nitrogen functional groups attached to an aromatic ring is 1. The van der Waals surface area contributed by atoms with E-state index in [4.69, 9.17) is 5.73 Å². The van der Waals surface area contributed by atoms with E-state index >= 15 is 0 Å². The van der Waals surface area contributed by atoms with E-state index in [0.717, 1.165) is 5.69 Å². The minimum atomic E-state index is 0.785. The molecule has 1 nitrogen and oxygen atoms in total. The molecular weight excluding hydrogens is 326 g/mol. The third-order valence-electron chi connectivity index (χ3n) is 4.64. The second-order valence-corrected chi connectivity index (χ2v) is 6.53. The summed E-state index contributed by atoms with van der Waals surface area (Å²) >= 11 is 0. The van der Waals surface area contributed by atoms with Crippen molar-refractivity contribution < 1.29 is 0 Å². The molecule has 4 aromatic carbocycles. The number of hydrogen-bond donors (Lipinski definition) is 1. The van der Waals surface area contributed by atoms with E-state index in [-0.39, 0.29) is 0 Å². The average Bonchev–Trinajstić information content (AvgIpc) is 2.74. The van der Waals surface area contributed by atoms with Crippen LogP contribution in [0.5, 0.6) is 0 Å². The van der Waals surface area contributed by atoms with Crippen LogP contribution in [0.4, 0.5) is 5.69 Å². The van der Waals surface area contributed by atoms with Gasteiger partial charge in [0.15, 0.2) is 0 Å². The van der Waals surface area contributed by atoms with Gasteiger partial charge in [0, 0.05) is 5.69 Å². The molecule has 0 saturated carbocycles. The van der Waals surface area contributed by atoms with Gasteiger partial charge in [-0.1, -0.05) is 97.1 Å². The molecule has 0 atom stereocenters. The molecule has 0 saturated heterocycles. The molecule has 0 aliphatic heterocycles. The molecule has 0 aliphatic carbocycles. The Morgan fingerprint density at radius 3 is 1.59 bits per heavy atom. The summed E-state index contributed by atoms with van der Waals surface area (Å²) in [6.07, 6.45) is 2.24. The monoisotopic (exact) mass is 347 g/mol. The second-order valence-electron chi connectivity index (χ2n) is 6.53. The molecule has 0 fully saturated rings. The Morgan fingerprint density at radius 1 is 0.519 bits per heavy atom. The van der Waals surface area contributed by atoms with Crippen molar-refractivity contribution in [2.45, 2.75) is 0 Å². The standard InChI is InChI=1S/C26H21N/c27-25-17-15-22(16-18-25)21-11-13-24(14-12-21)26(23-9-5-2-6-10-23)19-20-7-3-1-4-8-20/h1-19H,27H2. The highest BCUT2D eigenvalue weighted by atomic mass is 14.5. The molecule has 4 rings (SSSR count). The summed E-state index contributed by atoms with van der Waals surface area (Å²) in [5.41, 5.74) is 13.8. The lowest BCUT2D eigenvalue weighted by atomic mass is 9.94. The molecule has 0 bridgehead atoms. The number of benzene rings is 4. The fourth-order valence-corrected chi connectivity index (χ4v) is 3.18. The summed E-state index contributed by atoms with van der Waals surface area (Å²) in [5, 5.41) is 0. The van der Waals surface area contributed by atoms with E-state index in [9.17, 15) is 0 Å². The predicted octanol–water partition coefficient (Wildman–Crippen LogP) is 6.52. The smallest absolute Gasteiger partial charge is 0.0314 e. The Hall–Kier alpha value is -3.58. The van der Waals surface area contributed by atoms with E-state index in [2.05, 4.69) is 91.0 Å². The molecule has 2 N–H and O–H groups in total. The van der Waals surface area contributed by atoms with Gasteiger partial charge in [-0.25, -0.2) is 0 Å². The Balaban J connectivity index is 1.74. The Bertz CT molecular complexity index is 1030. The van der Waals surface area contributed by atoms with Crippen molar-refractivity contribution in [1.29, 1.82) is 0 Å². The third-order valence-corrected chi connectivity index (χ3v) is 4.64. The molecule has 0 amide bonds. The summed E-state index contributed by atoms with van der Waals surface area (Å²) in [4.78, 5) is 0. The summed E-state index contributed by atoms with van der Waals surface area (Å²) in [7, 11) is 0. The van der Waals surface area contributed by atoms with Crippen LogP contribution in [0.3, 0.4) is 0 Å². The first-order chi connectivity index (χ1) is 13.3. The molecule has 0 spiro atoms. The lowest BCUT2D eigenvalue weighted by Gasteiger charge is -2.11. The van der Waals surface area contributed by atoms with Crippen LogP contribution in [0.25, 0.3) is 22.8 Å². The Kier molecular flexibility index (Phi) is 4.84. The molecular formula is C26H21N. The summed E-state index contributed by atoms with van der Waals surface area (Å²) in [6, 6.07) is 37.7. The van der Waals surface area contributed by atoms with Crippen LogP contribution < -0.4 is 5.73 Å². The summed E-state index contributed by atoms with van der Waals surface area (Å²) in [6.45, 7) is 0. The van der Waals surface area contributed by atoms with Crippen LogP contribution in [0.1, 0.15) is 16.7 Å². The van der Waals surface area contributed by atoms with Crippen molar-refractivity contribution in [3.63, 3.8) is 0 Å². The molecule has 130 valence electrons. The van der Waals surface area contributed by atoms with E-state index in [1.54, 1.807) is 0 Å². The quantitative estimate of drug-likeness (QED) is 0.330. The maximum Gasteiger partial charge on any atom is 0.0314 e. The number of rotatable bonds is 4. The molecule has 0 unspecified atom stereocenters. The highest BCUT2D eigenvalue weighted by Crippen LogP contribution is 2.28. The molecule has 0 aromatic heterocycles. The van der Waals surface area contributed by atoms with Crippen molar-refractivity contribution in [1.82, 2.24) is 0 Å². The predicted molar refractivity (Wildman–Crippen MR) is 116 cm³/mol. The van der Waals surface area contributed by atoms with Gasteiger partial charge in [0.1, 0.15) is 0 Å². The zero-order valence-electron chi connectivity index (χ0n) is 15.0. The van der Waals surface area contributed by atoms with E-state index in [1.165, 1.54) is 33.4 Å². The fraction of sp³-hybridized carbons (Fsp3) is 0. The van der Waals surface area contributed by atoms with Crippen molar-refractivity contribution in [3.05, 3.63) is 126 Å². The fourth-order valence-electron chi connectivity index (χ4n) is 3.18. The minimum absolute atomic E-state index is 0.785. The van der Waals surface area contributed by atoms with Crippen LogP contribution in [0.15, 0.2) is 109 Å². The van der Waals surface area contributed by atoms with Gasteiger partial charge in [-0.2, -0.15) is 0 Å². The van der Waals surface area contributed by atoms with E-state index in [0.29, 0.717) is 0 Å². The average molecular weight is 347 g/mol. The summed E-state index contributed by atoms with van der Waals surface area (Å²) in [5.74, 6) is 0. The lowest BCUT2D eigenvalue weighted by Crippen LogP contribution is -1.89.